The molecule has 1 N–H and O–H groups in total. The maximum absolute atomic E-state index is 14.1. The number of halogens is 1. The Morgan fingerprint density at radius 1 is 1.03 bits per heavy atom. The van der Waals surface area contributed by atoms with Gasteiger partial charge < -0.3 is 9.88 Å². The summed E-state index contributed by atoms with van der Waals surface area (Å²) in [6.07, 6.45) is 0.910. The maximum atomic E-state index is 14.1. The van der Waals surface area contributed by atoms with Gasteiger partial charge in [-0.15, -0.1) is 11.3 Å². The number of anilines is 1. The van der Waals surface area contributed by atoms with Crippen molar-refractivity contribution < 1.29 is 4.39 Å². The quantitative estimate of drug-likeness (QED) is 0.527. The van der Waals surface area contributed by atoms with Gasteiger partial charge in [-0.3, -0.25) is 9.69 Å². The SMILES string of the molecule is N#Cc1cc2cc(F)cc(N3CCN(CCc4ccc5ccc(=O)[nH]c5c4)CC3)c2s1. The van der Waals surface area contributed by atoms with Gasteiger partial charge >= 0.3 is 0 Å². The predicted octanol–water partition coefficient (Wildman–Crippen LogP) is 4.12. The molecule has 4 aromatic rings. The van der Waals surface area contributed by atoms with Crippen molar-refractivity contribution in [1.29, 1.82) is 5.26 Å². The summed E-state index contributed by atoms with van der Waals surface area (Å²) in [5.74, 6) is -0.262. The molecule has 2 aromatic heterocycles. The third-order valence-corrected chi connectivity index (χ3v) is 6.97. The molecule has 0 spiro atoms. The van der Waals surface area contributed by atoms with Crippen LogP contribution in [0.2, 0.25) is 0 Å². The molecule has 0 unspecified atom stereocenters. The van der Waals surface area contributed by atoms with Crippen molar-refractivity contribution in [3.63, 3.8) is 0 Å². The highest BCUT2D eigenvalue weighted by molar-refractivity contribution is 7.20. The molecule has 0 atom stereocenters. The number of aromatic nitrogens is 1. The largest absolute Gasteiger partial charge is 0.368 e. The van der Waals surface area contributed by atoms with Gasteiger partial charge in [0.2, 0.25) is 5.56 Å². The third-order valence-electron chi connectivity index (χ3n) is 5.89. The highest BCUT2D eigenvalue weighted by Crippen LogP contribution is 2.35. The van der Waals surface area contributed by atoms with Gasteiger partial charge in [0, 0.05) is 44.3 Å². The lowest BCUT2D eigenvalue weighted by Gasteiger charge is -2.36. The molecule has 7 heteroatoms. The molecule has 1 aliphatic heterocycles. The molecule has 3 heterocycles. The van der Waals surface area contributed by atoms with Crippen molar-refractivity contribution in [2.24, 2.45) is 0 Å². The number of thiophene rings is 1. The van der Waals surface area contributed by atoms with E-state index in [-0.39, 0.29) is 11.4 Å². The number of hydrogen-bond donors (Lipinski definition) is 1. The molecule has 5 nitrogen and oxygen atoms in total. The zero-order valence-corrected chi connectivity index (χ0v) is 17.7. The van der Waals surface area contributed by atoms with Gasteiger partial charge in [-0.2, -0.15) is 5.26 Å². The minimum atomic E-state index is -0.262. The lowest BCUT2D eigenvalue weighted by atomic mass is 10.1. The van der Waals surface area contributed by atoms with Crippen LogP contribution in [-0.4, -0.2) is 42.6 Å². The Morgan fingerprint density at radius 2 is 1.84 bits per heavy atom. The second-order valence-electron chi connectivity index (χ2n) is 7.89. The molecule has 1 fully saturated rings. The number of nitrogens with zero attached hydrogens (tertiary/aromatic N) is 3. The van der Waals surface area contributed by atoms with Crippen molar-refractivity contribution in [1.82, 2.24) is 9.88 Å². The van der Waals surface area contributed by atoms with Gasteiger partial charge in [0.15, 0.2) is 0 Å². The fraction of sp³-hybridized carbons (Fsp3) is 0.250. The lowest BCUT2D eigenvalue weighted by molar-refractivity contribution is 0.261. The summed E-state index contributed by atoms with van der Waals surface area (Å²) in [5, 5.41) is 11.0. The summed E-state index contributed by atoms with van der Waals surface area (Å²) < 4.78 is 15.1. The van der Waals surface area contributed by atoms with Gasteiger partial charge in [0.25, 0.3) is 0 Å². The first-order valence-corrected chi connectivity index (χ1v) is 11.1. The van der Waals surface area contributed by atoms with Crippen LogP contribution in [0.15, 0.2) is 53.3 Å². The van der Waals surface area contributed by atoms with Gasteiger partial charge in [0.05, 0.1) is 10.4 Å². The molecule has 0 radical (unpaired) electrons. The van der Waals surface area contributed by atoms with E-state index in [4.69, 9.17) is 0 Å². The van der Waals surface area contributed by atoms with Crippen LogP contribution in [0.1, 0.15) is 10.4 Å². The van der Waals surface area contributed by atoms with Crippen LogP contribution >= 0.6 is 11.3 Å². The van der Waals surface area contributed by atoms with Crippen LogP contribution in [-0.2, 0) is 6.42 Å². The van der Waals surface area contributed by atoms with Crippen LogP contribution in [0.25, 0.3) is 21.0 Å². The van der Waals surface area contributed by atoms with Crippen LogP contribution in [0.3, 0.4) is 0 Å². The molecular weight excluding hydrogens is 411 g/mol. The number of nitriles is 1. The van der Waals surface area contributed by atoms with E-state index in [0.29, 0.717) is 4.88 Å². The molecule has 1 aliphatic rings. The van der Waals surface area contributed by atoms with E-state index < -0.39 is 0 Å². The summed E-state index contributed by atoms with van der Waals surface area (Å²) in [4.78, 5) is 19.7. The van der Waals surface area contributed by atoms with E-state index >= 15 is 0 Å². The zero-order chi connectivity index (χ0) is 21.4. The third kappa shape index (κ3) is 4.05. The summed E-state index contributed by atoms with van der Waals surface area (Å²) in [5.41, 5.74) is 2.88. The average molecular weight is 433 g/mol. The van der Waals surface area contributed by atoms with Crippen molar-refractivity contribution >= 4 is 38.0 Å². The molecule has 156 valence electrons. The normalized spacial score (nSPS) is 14.9. The number of aromatic amines is 1. The number of nitrogens with one attached hydrogen (secondary N) is 1. The molecule has 0 bridgehead atoms. The topological polar surface area (TPSA) is 63.1 Å². The number of benzene rings is 2. The Hall–Kier alpha value is -3.21. The fourth-order valence-corrected chi connectivity index (χ4v) is 5.22. The van der Waals surface area contributed by atoms with E-state index in [0.717, 1.165) is 65.8 Å². The molecule has 0 aliphatic carbocycles. The van der Waals surface area contributed by atoms with Crippen molar-refractivity contribution in [3.8, 4) is 6.07 Å². The predicted molar refractivity (Wildman–Crippen MR) is 123 cm³/mol. The first-order valence-electron chi connectivity index (χ1n) is 10.3. The van der Waals surface area contributed by atoms with E-state index in [9.17, 15) is 14.4 Å². The number of H-pyrrole nitrogens is 1. The number of fused-ring (bicyclic) bond motifs is 2. The van der Waals surface area contributed by atoms with E-state index in [1.54, 1.807) is 18.2 Å². The van der Waals surface area contributed by atoms with E-state index in [1.165, 1.54) is 23.0 Å². The Balaban J connectivity index is 1.25. The molecule has 0 saturated carbocycles. The smallest absolute Gasteiger partial charge is 0.248 e. The second kappa shape index (κ2) is 8.14. The van der Waals surface area contributed by atoms with Crippen molar-refractivity contribution in [2.75, 3.05) is 37.6 Å². The van der Waals surface area contributed by atoms with E-state index in [1.807, 2.05) is 12.1 Å². The number of piperazine rings is 1. The Bertz CT molecular complexity index is 1360. The van der Waals surface area contributed by atoms with Crippen LogP contribution in [0, 0.1) is 17.1 Å². The Morgan fingerprint density at radius 3 is 2.65 bits per heavy atom. The van der Waals surface area contributed by atoms with Gasteiger partial charge in [-0.05, 0) is 53.1 Å². The molecule has 5 rings (SSSR count). The molecule has 2 aromatic carbocycles. The first kappa shape index (κ1) is 19.7. The van der Waals surface area contributed by atoms with Gasteiger partial charge in [0.1, 0.15) is 16.8 Å². The van der Waals surface area contributed by atoms with Crippen LogP contribution in [0.4, 0.5) is 10.1 Å². The zero-order valence-electron chi connectivity index (χ0n) is 16.9. The summed E-state index contributed by atoms with van der Waals surface area (Å²) >= 11 is 1.43. The van der Waals surface area contributed by atoms with Gasteiger partial charge in [-0.1, -0.05) is 12.1 Å². The minimum absolute atomic E-state index is 0.0835. The Kier molecular flexibility index (Phi) is 5.18. The van der Waals surface area contributed by atoms with Crippen LogP contribution in [0.5, 0.6) is 0 Å². The summed E-state index contributed by atoms with van der Waals surface area (Å²) in [6.45, 7) is 4.39. The second-order valence-corrected chi connectivity index (χ2v) is 8.94. The maximum Gasteiger partial charge on any atom is 0.248 e. The van der Waals surface area contributed by atoms with Crippen LogP contribution < -0.4 is 10.5 Å². The number of hydrogen-bond acceptors (Lipinski definition) is 5. The fourth-order valence-electron chi connectivity index (χ4n) is 4.24. The average Bonchev–Trinajstić information content (AvgIpc) is 3.20. The molecule has 0 amide bonds. The standard InChI is InChI=1S/C24H21FN4OS/c25-19-12-18-13-20(15-26)31-24(18)22(14-19)29-9-7-28(8-10-29)6-5-16-1-2-17-3-4-23(30)27-21(17)11-16/h1-4,11-14H,5-10H2,(H,27,30). The summed E-state index contributed by atoms with van der Waals surface area (Å²) in [7, 11) is 0. The van der Waals surface area contributed by atoms with Crippen molar-refractivity contribution in [2.45, 2.75) is 6.42 Å². The highest BCUT2D eigenvalue weighted by atomic mass is 32.1. The van der Waals surface area contributed by atoms with Crippen molar-refractivity contribution in [3.05, 3.63) is 75.1 Å². The highest BCUT2D eigenvalue weighted by Gasteiger charge is 2.20. The molecular formula is C24H21FN4OS. The molecule has 31 heavy (non-hydrogen) atoms. The Labute approximate surface area is 182 Å². The van der Waals surface area contributed by atoms with E-state index in [2.05, 4.69) is 33.0 Å². The number of pyridine rings is 1. The summed E-state index contributed by atoms with van der Waals surface area (Å²) in [6, 6.07) is 16.6. The molecule has 1 saturated heterocycles. The monoisotopic (exact) mass is 432 g/mol. The van der Waals surface area contributed by atoms with Gasteiger partial charge in [-0.25, -0.2) is 4.39 Å². The first-order chi connectivity index (χ1) is 15.1. The number of rotatable bonds is 4. The minimum Gasteiger partial charge on any atom is -0.368 e. The lowest BCUT2D eigenvalue weighted by Crippen LogP contribution is -2.47.